The standard InChI is InChI=1S/C14H19F3O3/c1-9(2)5-4-6-10(3)7-8-14(17,13(19)20)11(18)12(15)16/h5,7,12H,4,6,8H2,1-3H3,(H,19,20)/b10-7+. The second-order valence-electron chi connectivity index (χ2n) is 4.85. The summed E-state index contributed by atoms with van der Waals surface area (Å²) in [4.78, 5) is 21.7. The second-order valence-corrected chi connectivity index (χ2v) is 4.85. The normalized spacial score (nSPS) is 14.8. The Morgan fingerprint density at radius 2 is 1.75 bits per heavy atom. The number of carboxylic acids is 1. The lowest BCUT2D eigenvalue weighted by Gasteiger charge is -2.17. The fourth-order valence-electron chi connectivity index (χ4n) is 1.47. The number of hydrogen-bond acceptors (Lipinski definition) is 2. The molecule has 0 heterocycles. The lowest BCUT2D eigenvalue weighted by molar-refractivity contribution is -0.161. The van der Waals surface area contributed by atoms with E-state index in [1.165, 1.54) is 6.08 Å². The van der Waals surface area contributed by atoms with Crippen molar-refractivity contribution in [1.29, 1.82) is 0 Å². The van der Waals surface area contributed by atoms with Crippen LogP contribution in [0.3, 0.4) is 0 Å². The zero-order valence-corrected chi connectivity index (χ0v) is 11.8. The van der Waals surface area contributed by atoms with Crippen LogP contribution in [0.15, 0.2) is 23.3 Å². The Bertz CT molecular complexity index is 423. The summed E-state index contributed by atoms with van der Waals surface area (Å²) in [7, 11) is 0. The predicted molar refractivity (Wildman–Crippen MR) is 69.5 cm³/mol. The molecule has 0 aliphatic rings. The van der Waals surface area contributed by atoms with Gasteiger partial charge >= 0.3 is 5.97 Å². The van der Waals surface area contributed by atoms with Crippen molar-refractivity contribution in [3.8, 4) is 0 Å². The van der Waals surface area contributed by atoms with E-state index in [-0.39, 0.29) is 0 Å². The van der Waals surface area contributed by atoms with E-state index in [0.29, 0.717) is 18.4 Å². The van der Waals surface area contributed by atoms with Gasteiger partial charge in [-0.15, -0.1) is 0 Å². The van der Waals surface area contributed by atoms with Crippen molar-refractivity contribution in [1.82, 2.24) is 0 Å². The van der Waals surface area contributed by atoms with Gasteiger partial charge in [-0.1, -0.05) is 23.3 Å². The molecule has 20 heavy (non-hydrogen) atoms. The number of alkyl halides is 3. The van der Waals surface area contributed by atoms with Crippen LogP contribution >= 0.6 is 0 Å². The zero-order chi connectivity index (χ0) is 15.9. The average molecular weight is 292 g/mol. The smallest absolute Gasteiger partial charge is 0.349 e. The van der Waals surface area contributed by atoms with Crippen LogP contribution in [0.4, 0.5) is 13.2 Å². The van der Waals surface area contributed by atoms with Gasteiger partial charge in [-0.3, -0.25) is 4.79 Å². The number of carboxylic acid groups (broad SMARTS) is 1. The predicted octanol–water partition coefficient (Wildman–Crippen LogP) is 3.70. The van der Waals surface area contributed by atoms with E-state index in [9.17, 15) is 22.8 Å². The average Bonchev–Trinajstić information content (AvgIpc) is 2.34. The highest BCUT2D eigenvalue weighted by Crippen LogP contribution is 2.24. The van der Waals surface area contributed by atoms with Crippen molar-refractivity contribution in [2.75, 3.05) is 0 Å². The fraction of sp³-hybridized carbons (Fsp3) is 0.571. The number of allylic oxidation sites excluding steroid dienone is 4. The Balaban J connectivity index is 4.82. The van der Waals surface area contributed by atoms with Crippen LogP contribution in [0.2, 0.25) is 0 Å². The molecule has 0 saturated heterocycles. The van der Waals surface area contributed by atoms with Gasteiger partial charge < -0.3 is 5.11 Å². The first-order chi connectivity index (χ1) is 9.11. The maximum atomic E-state index is 13.9. The molecule has 1 unspecified atom stereocenters. The third kappa shape index (κ3) is 5.59. The first kappa shape index (κ1) is 18.4. The summed E-state index contributed by atoms with van der Waals surface area (Å²) >= 11 is 0. The molecule has 0 aliphatic carbocycles. The fourth-order valence-corrected chi connectivity index (χ4v) is 1.47. The Labute approximate surface area is 116 Å². The van der Waals surface area contributed by atoms with E-state index in [1.54, 1.807) is 6.92 Å². The maximum Gasteiger partial charge on any atom is 0.349 e. The summed E-state index contributed by atoms with van der Waals surface area (Å²) in [6.07, 6.45) is -0.166. The van der Waals surface area contributed by atoms with Crippen molar-refractivity contribution in [2.45, 2.75) is 52.1 Å². The molecular formula is C14H19F3O3. The molecule has 1 N–H and O–H groups in total. The quantitative estimate of drug-likeness (QED) is 0.548. The number of ketones is 1. The summed E-state index contributed by atoms with van der Waals surface area (Å²) in [5, 5.41) is 8.65. The number of Topliss-reactive ketones (excluding diaryl/α,β-unsaturated/α-hetero) is 1. The summed E-state index contributed by atoms with van der Waals surface area (Å²) in [5.41, 5.74) is -1.81. The van der Waals surface area contributed by atoms with Crippen LogP contribution in [-0.2, 0) is 9.59 Å². The maximum absolute atomic E-state index is 13.9. The van der Waals surface area contributed by atoms with Crippen LogP contribution < -0.4 is 0 Å². The largest absolute Gasteiger partial charge is 0.479 e. The lowest BCUT2D eigenvalue weighted by atomic mass is 9.94. The van der Waals surface area contributed by atoms with Gasteiger partial charge in [0.15, 0.2) is 0 Å². The van der Waals surface area contributed by atoms with Gasteiger partial charge in [0.25, 0.3) is 12.1 Å². The SMILES string of the molecule is CC(C)=CCC/C(C)=C/CC(F)(C(=O)O)C(=O)C(F)F. The van der Waals surface area contributed by atoms with Gasteiger partial charge in [0, 0.05) is 6.42 Å². The molecular weight excluding hydrogens is 273 g/mol. The molecule has 0 spiro atoms. The highest BCUT2D eigenvalue weighted by molar-refractivity contribution is 6.08. The number of carbonyl (C=O) groups excluding carboxylic acids is 1. The molecule has 3 nitrogen and oxygen atoms in total. The van der Waals surface area contributed by atoms with Gasteiger partial charge in [0.2, 0.25) is 5.78 Å². The summed E-state index contributed by atoms with van der Waals surface area (Å²) in [6, 6.07) is 0. The van der Waals surface area contributed by atoms with Crippen LogP contribution in [0.5, 0.6) is 0 Å². The molecule has 0 aromatic carbocycles. The van der Waals surface area contributed by atoms with Crippen LogP contribution in [-0.4, -0.2) is 29.0 Å². The van der Waals surface area contributed by atoms with Gasteiger partial charge in [0.05, 0.1) is 0 Å². The van der Waals surface area contributed by atoms with Crippen LogP contribution in [0.1, 0.15) is 40.0 Å². The van der Waals surface area contributed by atoms with Crippen LogP contribution in [0.25, 0.3) is 0 Å². The van der Waals surface area contributed by atoms with Crippen molar-refractivity contribution in [3.05, 3.63) is 23.3 Å². The summed E-state index contributed by atoms with van der Waals surface area (Å²) in [5.74, 6) is -4.39. The molecule has 0 fully saturated rings. The molecule has 0 saturated carbocycles. The van der Waals surface area contributed by atoms with Crippen molar-refractivity contribution in [2.24, 2.45) is 0 Å². The topological polar surface area (TPSA) is 54.4 Å². The van der Waals surface area contributed by atoms with E-state index in [1.807, 2.05) is 19.9 Å². The first-order valence-electron chi connectivity index (χ1n) is 6.15. The van der Waals surface area contributed by atoms with Crippen LogP contribution in [0, 0.1) is 0 Å². The Kier molecular flexibility index (Phi) is 7.24. The van der Waals surface area contributed by atoms with E-state index < -0.39 is 30.3 Å². The molecule has 0 bridgehead atoms. The highest BCUT2D eigenvalue weighted by atomic mass is 19.3. The first-order valence-corrected chi connectivity index (χ1v) is 6.15. The molecule has 0 radical (unpaired) electrons. The third-order valence-electron chi connectivity index (χ3n) is 2.75. The minimum Gasteiger partial charge on any atom is -0.479 e. The number of rotatable bonds is 8. The summed E-state index contributed by atoms with van der Waals surface area (Å²) < 4.78 is 38.3. The minimum atomic E-state index is -3.64. The molecule has 0 aromatic rings. The third-order valence-corrected chi connectivity index (χ3v) is 2.75. The molecule has 0 rings (SSSR count). The monoisotopic (exact) mass is 292 g/mol. The Morgan fingerprint density at radius 3 is 2.15 bits per heavy atom. The number of carbonyl (C=O) groups is 2. The number of hydrogen-bond donors (Lipinski definition) is 1. The Morgan fingerprint density at radius 1 is 1.20 bits per heavy atom. The van der Waals surface area contributed by atoms with E-state index in [4.69, 9.17) is 5.11 Å². The van der Waals surface area contributed by atoms with Gasteiger partial charge in [-0.2, -0.15) is 0 Å². The zero-order valence-electron chi connectivity index (χ0n) is 11.8. The van der Waals surface area contributed by atoms with E-state index in [0.717, 1.165) is 5.57 Å². The van der Waals surface area contributed by atoms with E-state index in [2.05, 4.69) is 0 Å². The van der Waals surface area contributed by atoms with Gasteiger partial charge in [-0.05, 0) is 33.6 Å². The molecule has 0 aliphatic heterocycles. The summed E-state index contributed by atoms with van der Waals surface area (Å²) in [6.45, 7) is 5.46. The molecule has 6 heteroatoms. The van der Waals surface area contributed by atoms with Crippen molar-refractivity contribution in [3.63, 3.8) is 0 Å². The molecule has 0 amide bonds. The number of halogens is 3. The minimum absolute atomic E-state index is 0.545. The van der Waals surface area contributed by atoms with E-state index >= 15 is 0 Å². The van der Waals surface area contributed by atoms with Gasteiger partial charge in [-0.25, -0.2) is 18.0 Å². The second kappa shape index (κ2) is 7.87. The van der Waals surface area contributed by atoms with Crippen molar-refractivity contribution >= 4 is 11.8 Å². The molecule has 0 aromatic heterocycles. The van der Waals surface area contributed by atoms with Crippen molar-refractivity contribution < 1.29 is 27.9 Å². The lowest BCUT2D eigenvalue weighted by Crippen LogP contribution is -2.45. The molecule has 1 atom stereocenters. The Hall–Kier alpha value is -1.59. The van der Waals surface area contributed by atoms with Gasteiger partial charge in [0.1, 0.15) is 0 Å². The number of aliphatic carboxylic acids is 1. The molecule has 114 valence electrons. The highest BCUT2D eigenvalue weighted by Gasteiger charge is 2.49.